The number of anilines is 2. The Labute approximate surface area is 183 Å². The minimum absolute atomic E-state index is 0.103. The zero-order chi connectivity index (χ0) is 21.5. The third kappa shape index (κ3) is 5.68. The van der Waals surface area contributed by atoms with Crippen molar-refractivity contribution in [1.82, 2.24) is 20.2 Å². The first-order chi connectivity index (χ1) is 15.2. The Morgan fingerprint density at radius 3 is 2.71 bits per heavy atom. The molecule has 9 nitrogen and oxygen atoms in total. The van der Waals surface area contributed by atoms with Gasteiger partial charge in [-0.05, 0) is 47.5 Å². The molecule has 31 heavy (non-hydrogen) atoms. The summed E-state index contributed by atoms with van der Waals surface area (Å²) in [5.74, 6) is -0.438. The lowest BCUT2D eigenvalue weighted by Gasteiger charge is -2.12. The molecule has 1 saturated heterocycles. The largest absolute Gasteiger partial charge is 0.376 e. The van der Waals surface area contributed by atoms with Crippen molar-refractivity contribution in [2.24, 2.45) is 0 Å². The Hall–Kier alpha value is -3.24. The average molecular weight is 439 g/mol. The van der Waals surface area contributed by atoms with Gasteiger partial charge in [-0.15, -0.1) is 5.10 Å². The number of thioether (sulfide) groups is 1. The van der Waals surface area contributed by atoms with Gasteiger partial charge in [0.2, 0.25) is 11.1 Å². The quantitative estimate of drug-likeness (QED) is 0.520. The molecule has 1 aromatic heterocycles. The van der Waals surface area contributed by atoms with Gasteiger partial charge in [0.15, 0.2) is 0 Å². The number of aromatic nitrogens is 4. The minimum Gasteiger partial charge on any atom is -0.376 e. The highest BCUT2D eigenvalue weighted by Gasteiger charge is 2.20. The van der Waals surface area contributed by atoms with Crippen LogP contribution in [-0.4, -0.2) is 50.5 Å². The second kappa shape index (κ2) is 10.2. The van der Waals surface area contributed by atoms with Gasteiger partial charge in [0, 0.05) is 12.3 Å². The summed E-state index contributed by atoms with van der Waals surface area (Å²) in [6.45, 7) is 1.33. The van der Waals surface area contributed by atoms with Crippen molar-refractivity contribution in [3.8, 4) is 0 Å². The van der Waals surface area contributed by atoms with Crippen molar-refractivity contribution < 1.29 is 14.3 Å². The number of para-hydroxylation sites is 2. The van der Waals surface area contributed by atoms with Crippen molar-refractivity contribution in [1.29, 1.82) is 0 Å². The first kappa shape index (κ1) is 21.0. The molecule has 1 fully saturated rings. The monoisotopic (exact) mass is 438 g/mol. The van der Waals surface area contributed by atoms with Gasteiger partial charge in [-0.2, -0.15) is 0 Å². The number of hydrogen-bond donors (Lipinski definition) is 2. The maximum absolute atomic E-state index is 12.7. The van der Waals surface area contributed by atoms with Crippen LogP contribution in [0.15, 0.2) is 59.8 Å². The Kier molecular flexibility index (Phi) is 6.90. The highest BCUT2D eigenvalue weighted by Crippen LogP contribution is 2.20. The number of nitrogens with one attached hydrogen (secondary N) is 2. The van der Waals surface area contributed by atoms with Gasteiger partial charge in [0.25, 0.3) is 5.91 Å². The lowest BCUT2D eigenvalue weighted by Crippen LogP contribution is -2.20. The fourth-order valence-corrected chi connectivity index (χ4v) is 3.91. The van der Waals surface area contributed by atoms with Crippen molar-refractivity contribution in [2.75, 3.05) is 23.0 Å². The maximum Gasteiger partial charge on any atom is 0.257 e. The van der Waals surface area contributed by atoms with E-state index in [0.717, 1.165) is 19.4 Å². The molecule has 0 aliphatic carbocycles. The van der Waals surface area contributed by atoms with Gasteiger partial charge in [-0.3, -0.25) is 9.59 Å². The van der Waals surface area contributed by atoms with E-state index in [1.807, 2.05) is 18.2 Å². The van der Waals surface area contributed by atoms with E-state index < -0.39 is 0 Å². The smallest absolute Gasteiger partial charge is 0.257 e. The summed E-state index contributed by atoms with van der Waals surface area (Å²) in [5, 5.41) is 17.9. The van der Waals surface area contributed by atoms with Gasteiger partial charge < -0.3 is 15.4 Å². The van der Waals surface area contributed by atoms with Gasteiger partial charge >= 0.3 is 0 Å². The van der Waals surface area contributed by atoms with Gasteiger partial charge in [-0.25, -0.2) is 4.68 Å². The number of amides is 2. The number of hydrogen-bond acceptors (Lipinski definition) is 7. The molecule has 1 atom stereocenters. The molecule has 2 heterocycles. The number of carbonyl (C=O) groups is 2. The van der Waals surface area contributed by atoms with E-state index >= 15 is 0 Å². The Morgan fingerprint density at radius 2 is 1.90 bits per heavy atom. The zero-order valence-electron chi connectivity index (χ0n) is 16.7. The Bertz CT molecular complexity index is 1040. The van der Waals surface area contributed by atoms with Crippen molar-refractivity contribution >= 4 is 35.0 Å². The summed E-state index contributed by atoms with van der Waals surface area (Å²) in [4.78, 5) is 25.2. The molecule has 2 aromatic carbocycles. The molecule has 3 aromatic rings. The van der Waals surface area contributed by atoms with Gasteiger partial charge in [-0.1, -0.05) is 42.1 Å². The highest BCUT2D eigenvalue weighted by molar-refractivity contribution is 7.99. The van der Waals surface area contributed by atoms with Crippen LogP contribution in [0.3, 0.4) is 0 Å². The molecule has 10 heteroatoms. The summed E-state index contributed by atoms with van der Waals surface area (Å²) in [6, 6.07) is 16.0. The summed E-state index contributed by atoms with van der Waals surface area (Å²) >= 11 is 1.24. The van der Waals surface area contributed by atoms with E-state index in [-0.39, 0.29) is 23.7 Å². The number of nitrogens with zero attached hydrogens (tertiary/aromatic N) is 4. The molecule has 1 aliphatic rings. The highest BCUT2D eigenvalue weighted by atomic mass is 32.2. The van der Waals surface area contributed by atoms with Crippen LogP contribution >= 0.6 is 11.8 Å². The van der Waals surface area contributed by atoms with Crippen LogP contribution in [0, 0.1) is 0 Å². The second-order valence-electron chi connectivity index (χ2n) is 6.98. The van der Waals surface area contributed by atoms with E-state index in [4.69, 9.17) is 4.74 Å². The number of carbonyl (C=O) groups excluding carboxylic acids is 2. The topological polar surface area (TPSA) is 111 Å². The zero-order valence-corrected chi connectivity index (χ0v) is 17.5. The molecule has 0 radical (unpaired) electrons. The van der Waals surface area contributed by atoms with E-state index in [1.54, 1.807) is 41.1 Å². The van der Waals surface area contributed by atoms with Crippen LogP contribution in [0.4, 0.5) is 11.4 Å². The van der Waals surface area contributed by atoms with E-state index in [9.17, 15) is 9.59 Å². The predicted octanol–water partition coefficient (Wildman–Crippen LogP) is 2.84. The van der Waals surface area contributed by atoms with Gasteiger partial charge in [0.1, 0.15) is 0 Å². The summed E-state index contributed by atoms with van der Waals surface area (Å²) < 4.78 is 7.28. The van der Waals surface area contributed by atoms with Crippen LogP contribution in [0.25, 0.3) is 0 Å². The van der Waals surface area contributed by atoms with Crippen LogP contribution in [0.5, 0.6) is 0 Å². The number of rotatable bonds is 8. The van der Waals surface area contributed by atoms with E-state index in [2.05, 4.69) is 26.2 Å². The standard InChI is InChI=1S/C21H22N6O3S/c28-19(14-31-21-24-25-26-27(21)13-16-9-6-12-30-16)23-18-11-5-4-10-17(18)20(29)22-15-7-2-1-3-8-15/h1-5,7-8,10-11,16H,6,9,12-14H2,(H,22,29)(H,23,28)/t16-/m1/s1. The lowest BCUT2D eigenvalue weighted by molar-refractivity contribution is -0.113. The predicted molar refractivity (Wildman–Crippen MR) is 117 cm³/mol. The molecule has 2 N–H and O–H groups in total. The first-order valence-corrected chi connectivity index (χ1v) is 10.9. The van der Waals surface area contributed by atoms with Crippen molar-refractivity contribution in [3.63, 3.8) is 0 Å². The molecule has 1 aliphatic heterocycles. The third-order valence-electron chi connectivity index (χ3n) is 4.71. The number of tetrazole rings is 1. The lowest BCUT2D eigenvalue weighted by atomic mass is 10.1. The van der Waals surface area contributed by atoms with Gasteiger partial charge in [0.05, 0.1) is 29.7 Å². The molecular weight excluding hydrogens is 416 g/mol. The van der Waals surface area contributed by atoms with E-state index in [0.29, 0.717) is 28.6 Å². The Balaban J connectivity index is 1.35. The molecule has 160 valence electrons. The van der Waals surface area contributed by atoms with Crippen LogP contribution in [-0.2, 0) is 16.1 Å². The molecular formula is C21H22N6O3S. The van der Waals surface area contributed by atoms with Crippen LogP contribution in [0.2, 0.25) is 0 Å². The summed E-state index contributed by atoms with van der Waals surface area (Å²) in [7, 11) is 0. The maximum atomic E-state index is 12.7. The molecule has 0 saturated carbocycles. The number of ether oxygens (including phenoxy) is 1. The minimum atomic E-state index is -0.296. The summed E-state index contributed by atoms with van der Waals surface area (Å²) in [6.07, 6.45) is 2.12. The number of benzene rings is 2. The summed E-state index contributed by atoms with van der Waals surface area (Å²) in [5.41, 5.74) is 1.51. The SMILES string of the molecule is O=C(CSc1nnnn1C[C@H]1CCCO1)Nc1ccccc1C(=O)Nc1ccccc1. The van der Waals surface area contributed by atoms with Crippen molar-refractivity contribution in [3.05, 3.63) is 60.2 Å². The molecule has 0 unspecified atom stereocenters. The van der Waals surface area contributed by atoms with Crippen molar-refractivity contribution in [2.45, 2.75) is 30.6 Å². The Morgan fingerprint density at radius 1 is 1.10 bits per heavy atom. The van der Waals surface area contributed by atoms with E-state index in [1.165, 1.54) is 11.8 Å². The first-order valence-electron chi connectivity index (χ1n) is 9.95. The fraction of sp³-hybridized carbons (Fsp3) is 0.286. The average Bonchev–Trinajstić information content (AvgIpc) is 3.46. The normalized spacial score (nSPS) is 15.5. The fourth-order valence-electron chi connectivity index (χ4n) is 3.22. The molecule has 4 rings (SSSR count). The molecule has 2 amide bonds. The third-order valence-corrected chi connectivity index (χ3v) is 5.67. The van der Waals surface area contributed by atoms with Crippen LogP contribution < -0.4 is 10.6 Å². The second-order valence-corrected chi connectivity index (χ2v) is 7.92. The van der Waals surface area contributed by atoms with Crippen LogP contribution in [0.1, 0.15) is 23.2 Å². The molecule has 0 spiro atoms. The molecule has 0 bridgehead atoms.